The first-order chi connectivity index (χ1) is 6.54. The van der Waals surface area contributed by atoms with E-state index in [-0.39, 0.29) is 51.4 Å². The number of unbranched alkanes of at least 4 members (excludes halogenated alkanes) is 1. The molecule has 0 aromatic carbocycles. The van der Waals surface area contributed by atoms with Crippen molar-refractivity contribution in [1.82, 2.24) is 4.90 Å². The monoisotopic (exact) mass is 235 g/mol. The molecule has 84 valence electrons. The molecule has 1 nitrogen and oxygen atoms in total. The molecule has 0 bridgehead atoms. The normalized spacial score (nSPS) is 20.0. The van der Waals surface area contributed by atoms with Crippen molar-refractivity contribution in [2.75, 3.05) is 19.6 Å². The fourth-order valence-corrected chi connectivity index (χ4v) is 2.36. The maximum atomic E-state index is 3.90. The van der Waals surface area contributed by atoms with E-state index in [1.165, 1.54) is 38.9 Å². The van der Waals surface area contributed by atoms with E-state index in [0.29, 0.717) is 5.41 Å². The van der Waals surface area contributed by atoms with Crippen LogP contribution in [0.1, 0.15) is 46.5 Å². The summed E-state index contributed by atoms with van der Waals surface area (Å²) in [5.74, 6) is 0.929. The summed E-state index contributed by atoms with van der Waals surface area (Å²) in [6.07, 6.45) is 5.13. The van der Waals surface area contributed by atoms with Crippen LogP contribution in [0.15, 0.2) is 0 Å². The summed E-state index contributed by atoms with van der Waals surface area (Å²) in [4.78, 5) is 2.60. The molecule has 0 aliphatic carbocycles. The zero-order valence-electron chi connectivity index (χ0n) is 11.2. The van der Waals surface area contributed by atoms with Crippen molar-refractivity contribution in [1.29, 1.82) is 0 Å². The van der Waals surface area contributed by atoms with Crippen LogP contribution in [0.3, 0.4) is 0 Å². The maximum absolute atomic E-state index is 3.90. The minimum atomic E-state index is 0. The van der Waals surface area contributed by atoms with Crippen molar-refractivity contribution in [3.8, 4) is 0 Å². The predicted octanol–water partition coefficient (Wildman–Crippen LogP) is 0.363. The quantitative estimate of drug-likeness (QED) is 0.504. The smallest absolute Gasteiger partial charge is 0.343 e. The topological polar surface area (TPSA) is 3.24 Å². The standard InChI is InChI=1S/C13H26N.K/c1-5-6-9-14-10-7-12(8-11-14)13(2,3)4;/h12H,1,5-11H2,2-4H3;/q-1;+1. The van der Waals surface area contributed by atoms with E-state index in [0.717, 1.165) is 12.3 Å². The fraction of sp³-hybridized carbons (Fsp3) is 0.923. The summed E-state index contributed by atoms with van der Waals surface area (Å²) in [6, 6.07) is 0. The van der Waals surface area contributed by atoms with E-state index in [2.05, 4.69) is 32.6 Å². The molecule has 1 fully saturated rings. The number of piperidine rings is 1. The Morgan fingerprint density at radius 1 is 1.20 bits per heavy atom. The summed E-state index contributed by atoms with van der Waals surface area (Å²) in [6.45, 7) is 14.9. The van der Waals surface area contributed by atoms with Gasteiger partial charge in [-0.2, -0.15) is 6.42 Å². The maximum Gasteiger partial charge on any atom is 1.00 e. The van der Waals surface area contributed by atoms with Crippen molar-refractivity contribution < 1.29 is 51.4 Å². The molecule has 0 unspecified atom stereocenters. The summed E-state index contributed by atoms with van der Waals surface area (Å²) < 4.78 is 0. The molecule has 0 aromatic heterocycles. The van der Waals surface area contributed by atoms with E-state index in [1.807, 2.05) is 0 Å². The summed E-state index contributed by atoms with van der Waals surface area (Å²) >= 11 is 0. The number of likely N-dealkylation sites (tertiary alicyclic amines) is 1. The molecule has 1 aliphatic heterocycles. The second-order valence-corrected chi connectivity index (χ2v) is 5.69. The predicted molar refractivity (Wildman–Crippen MR) is 63.2 cm³/mol. The Morgan fingerprint density at radius 3 is 2.13 bits per heavy atom. The molecule has 2 heteroatoms. The van der Waals surface area contributed by atoms with Crippen LogP contribution in [0.5, 0.6) is 0 Å². The molecule has 0 N–H and O–H groups in total. The van der Waals surface area contributed by atoms with Crippen LogP contribution >= 0.6 is 0 Å². The Morgan fingerprint density at radius 2 is 1.73 bits per heavy atom. The molecule has 15 heavy (non-hydrogen) atoms. The van der Waals surface area contributed by atoms with Gasteiger partial charge in [-0.05, 0) is 43.8 Å². The number of rotatable bonds is 3. The van der Waals surface area contributed by atoms with Gasteiger partial charge in [0.2, 0.25) is 0 Å². The minimum Gasteiger partial charge on any atom is -0.343 e. The molecule has 1 heterocycles. The van der Waals surface area contributed by atoms with Gasteiger partial charge in [-0.15, -0.1) is 0 Å². The minimum absolute atomic E-state index is 0. The van der Waals surface area contributed by atoms with E-state index in [1.54, 1.807) is 0 Å². The molecule has 1 saturated heterocycles. The Kier molecular flexibility index (Phi) is 8.67. The Hall–Kier alpha value is 1.60. The van der Waals surface area contributed by atoms with E-state index < -0.39 is 0 Å². The van der Waals surface area contributed by atoms with Crippen LogP contribution in [0.2, 0.25) is 0 Å². The van der Waals surface area contributed by atoms with Gasteiger partial charge in [-0.1, -0.05) is 27.2 Å². The first-order valence-corrected chi connectivity index (χ1v) is 6.05. The first kappa shape index (κ1) is 16.6. The van der Waals surface area contributed by atoms with Gasteiger partial charge >= 0.3 is 51.4 Å². The van der Waals surface area contributed by atoms with E-state index in [4.69, 9.17) is 0 Å². The van der Waals surface area contributed by atoms with Gasteiger partial charge in [0, 0.05) is 0 Å². The van der Waals surface area contributed by atoms with Gasteiger partial charge in [0.1, 0.15) is 0 Å². The zero-order valence-corrected chi connectivity index (χ0v) is 14.3. The van der Waals surface area contributed by atoms with Crippen LogP contribution in [0.25, 0.3) is 0 Å². The molecule has 0 atom stereocenters. The molecule has 1 rings (SSSR count). The van der Waals surface area contributed by atoms with E-state index >= 15 is 0 Å². The van der Waals surface area contributed by atoms with Crippen LogP contribution < -0.4 is 51.4 Å². The second kappa shape index (κ2) is 7.83. The Bertz CT molecular complexity index is 154. The van der Waals surface area contributed by atoms with E-state index in [9.17, 15) is 0 Å². The molecule has 0 amide bonds. The molecule has 0 radical (unpaired) electrons. The number of hydrogen-bond donors (Lipinski definition) is 0. The first-order valence-electron chi connectivity index (χ1n) is 6.05. The van der Waals surface area contributed by atoms with Crippen LogP contribution in [0, 0.1) is 18.3 Å². The van der Waals surface area contributed by atoms with Gasteiger partial charge in [0.05, 0.1) is 0 Å². The SMILES string of the molecule is [CH2-]CCCN1CCC(C(C)(C)C)CC1.[K+]. The van der Waals surface area contributed by atoms with Gasteiger partial charge in [0.25, 0.3) is 0 Å². The molecular weight excluding hydrogens is 209 g/mol. The molecule has 0 aromatic rings. The average molecular weight is 235 g/mol. The van der Waals surface area contributed by atoms with Crippen LogP contribution in [-0.2, 0) is 0 Å². The van der Waals surface area contributed by atoms with Crippen molar-refractivity contribution in [2.45, 2.75) is 46.5 Å². The second-order valence-electron chi connectivity index (χ2n) is 5.69. The third kappa shape index (κ3) is 6.18. The summed E-state index contributed by atoms with van der Waals surface area (Å²) in [5, 5.41) is 0. The van der Waals surface area contributed by atoms with Gasteiger partial charge < -0.3 is 11.8 Å². The van der Waals surface area contributed by atoms with Gasteiger partial charge in [-0.25, -0.2) is 0 Å². The Labute approximate surface area is 139 Å². The molecule has 0 saturated carbocycles. The number of hydrogen-bond acceptors (Lipinski definition) is 1. The molecule has 0 spiro atoms. The van der Waals surface area contributed by atoms with Crippen molar-refractivity contribution in [3.63, 3.8) is 0 Å². The molecule has 1 aliphatic rings. The summed E-state index contributed by atoms with van der Waals surface area (Å²) in [7, 11) is 0. The average Bonchev–Trinajstić information content (AvgIpc) is 2.14. The third-order valence-electron chi connectivity index (χ3n) is 3.54. The summed E-state index contributed by atoms with van der Waals surface area (Å²) in [5.41, 5.74) is 0.512. The largest absolute Gasteiger partial charge is 1.00 e. The van der Waals surface area contributed by atoms with Crippen LogP contribution in [0.4, 0.5) is 0 Å². The van der Waals surface area contributed by atoms with Crippen molar-refractivity contribution >= 4 is 0 Å². The van der Waals surface area contributed by atoms with Crippen molar-refractivity contribution in [2.24, 2.45) is 11.3 Å². The Balaban J connectivity index is 0.00000196. The van der Waals surface area contributed by atoms with Gasteiger partial charge in [0.15, 0.2) is 0 Å². The third-order valence-corrected chi connectivity index (χ3v) is 3.54. The fourth-order valence-electron chi connectivity index (χ4n) is 2.36. The van der Waals surface area contributed by atoms with Gasteiger partial charge in [-0.3, -0.25) is 0 Å². The number of nitrogens with zero attached hydrogens (tertiary/aromatic N) is 1. The zero-order chi connectivity index (χ0) is 10.6. The molecular formula is C13H26KN. The van der Waals surface area contributed by atoms with Crippen LogP contribution in [-0.4, -0.2) is 24.5 Å². The van der Waals surface area contributed by atoms with Crippen molar-refractivity contribution in [3.05, 3.63) is 6.92 Å².